The summed E-state index contributed by atoms with van der Waals surface area (Å²) in [5.41, 5.74) is 5.83. The van der Waals surface area contributed by atoms with Gasteiger partial charge in [-0.2, -0.15) is 0 Å². The van der Waals surface area contributed by atoms with Crippen LogP contribution in [0.15, 0.2) is 18.2 Å². The molecule has 1 aromatic carbocycles. The van der Waals surface area contributed by atoms with Crippen molar-refractivity contribution in [3.05, 3.63) is 35.1 Å². The van der Waals surface area contributed by atoms with Crippen LogP contribution in [0.25, 0.3) is 0 Å². The van der Waals surface area contributed by atoms with Gasteiger partial charge in [0.2, 0.25) is 5.91 Å². The van der Waals surface area contributed by atoms with Gasteiger partial charge in [0.05, 0.1) is 0 Å². The molecule has 19 heavy (non-hydrogen) atoms. The lowest BCUT2D eigenvalue weighted by atomic mass is 10.1. The number of nitrogens with two attached hydrogens (primary N) is 1. The quantitative estimate of drug-likeness (QED) is 0.702. The van der Waals surface area contributed by atoms with E-state index in [1.165, 1.54) is 6.07 Å². The largest absolute Gasteiger partial charge is 0.396 e. The number of carbonyl (C=O) groups excluding carboxylic acids is 1. The Morgan fingerprint density at radius 2 is 2.11 bits per heavy atom. The van der Waals surface area contributed by atoms with Gasteiger partial charge in [-0.1, -0.05) is 6.07 Å². The number of hydrogen-bond donors (Lipinski definition) is 2. The third kappa shape index (κ3) is 5.36. The first-order chi connectivity index (χ1) is 9.04. The van der Waals surface area contributed by atoms with Crippen LogP contribution in [0.3, 0.4) is 0 Å². The number of aliphatic hydroxyl groups is 1. The second-order valence-corrected chi connectivity index (χ2v) is 4.69. The third-order valence-electron chi connectivity index (χ3n) is 2.98. The summed E-state index contributed by atoms with van der Waals surface area (Å²) < 4.78 is 13.7. The van der Waals surface area contributed by atoms with Crippen LogP contribution in [-0.4, -0.2) is 36.1 Å². The number of rotatable bonds is 8. The smallest absolute Gasteiger partial charge is 0.248 e. The highest BCUT2D eigenvalue weighted by Crippen LogP contribution is 2.12. The Hall–Kier alpha value is -1.46. The molecule has 0 saturated carbocycles. The van der Waals surface area contributed by atoms with Crippen LogP contribution in [0.2, 0.25) is 0 Å². The first-order valence-corrected chi connectivity index (χ1v) is 6.42. The number of amides is 1. The van der Waals surface area contributed by atoms with E-state index in [2.05, 4.69) is 0 Å². The molecule has 0 atom stereocenters. The number of halogens is 1. The summed E-state index contributed by atoms with van der Waals surface area (Å²) in [4.78, 5) is 12.9. The molecule has 0 saturated heterocycles. The minimum absolute atomic E-state index is 0.187. The Kier molecular flexibility index (Phi) is 6.45. The van der Waals surface area contributed by atoms with Crippen LogP contribution in [0.5, 0.6) is 0 Å². The Morgan fingerprint density at radius 1 is 1.37 bits per heavy atom. The average molecular weight is 268 g/mol. The molecule has 0 aliphatic carbocycles. The maximum atomic E-state index is 13.7. The second-order valence-electron chi connectivity index (χ2n) is 4.69. The van der Waals surface area contributed by atoms with Crippen LogP contribution < -0.4 is 5.73 Å². The number of benzene rings is 1. The Morgan fingerprint density at radius 3 is 2.68 bits per heavy atom. The number of nitrogens with zero attached hydrogens (tertiary/aromatic N) is 1. The van der Waals surface area contributed by atoms with Crippen molar-refractivity contribution in [2.45, 2.75) is 25.8 Å². The summed E-state index contributed by atoms with van der Waals surface area (Å²) in [5.74, 6) is -1.03. The maximum absolute atomic E-state index is 13.7. The summed E-state index contributed by atoms with van der Waals surface area (Å²) >= 11 is 0. The van der Waals surface area contributed by atoms with E-state index < -0.39 is 11.7 Å². The standard InChI is InChI=1S/C14H21FN2O2/c1-17(7-3-2-4-8-18)10-12-6-5-11(14(16)19)9-13(12)15/h5-6,9,18H,2-4,7-8,10H2,1H3,(H2,16,19). The van der Waals surface area contributed by atoms with Crippen molar-refractivity contribution in [3.8, 4) is 0 Å². The van der Waals surface area contributed by atoms with Gasteiger partial charge in [-0.15, -0.1) is 0 Å². The van der Waals surface area contributed by atoms with E-state index >= 15 is 0 Å². The van der Waals surface area contributed by atoms with Crippen molar-refractivity contribution in [1.82, 2.24) is 4.90 Å². The van der Waals surface area contributed by atoms with E-state index in [1.54, 1.807) is 12.1 Å². The van der Waals surface area contributed by atoms with Gasteiger partial charge in [-0.25, -0.2) is 4.39 Å². The minimum atomic E-state index is -0.622. The Bertz CT molecular complexity index is 424. The predicted octanol–water partition coefficient (Wildman–Crippen LogP) is 1.52. The van der Waals surface area contributed by atoms with E-state index in [4.69, 9.17) is 10.8 Å². The van der Waals surface area contributed by atoms with E-state index in [0.29, 0.717) is 12.1 Å². The SMILES string of the molecule is CN(CCCCCO)Cc1ccc(C(N)=O)cc1F. The molecule has 1 rings (SSSR count). The maximum Gasteiger partial charge on any atom is 0.248 e. The van der Waals surface area contributed by atoms with E-state index in [1.807, 2.05) is 11.9 Å². The summed E-state index contributed by atoms with van der Waals surface area (Å²) in [6.45, 7) is 1.55. The van der Waals surface area contributed by atoms with Gasteiger partial charge < -0.3 is 15.7 Å². The molecule has 0 unspecified atom stereocenters. The minimum Gasteiger partial charge on any atom is -0.396 e. The molecule has 5 heteroatoms. The van der Waals surface area contributed by atoms with Crippen molar-refractivity contribution in [2.24, 2.45) is 5.73 Å². The molecule has 1 amide bonds. The fourth-order valence-corrected chi connectivity index (χ4v) is 1.87. The third-order valence-corrected chi connectivity index (χ3v) is 2.98. The van der Waals surface area contributed by atoms with E-state index in [0.717, 1.165) is 25.8 Å². The van der Waals surface area contributed by atoms with Crippen molar-refractivity contribution >= 4 is 5.91 Å². The monoisotopic (exact) mass is 268 g/mol. The fraction of sp³-hybridized carbons (Fsp3) is 0.500. The van der Waals surface area contributed by atoms with Crippen LogP contribution in [0, 0.1) is 5.82 Å². The molecular formula is C14H21FN2O2. The van der Waals surface area contributed by atoms with Gasteiger partial charge in [0, 0.05) is 24.3 Å². The fourth-order valence-electron chi connectivity index (χ4n) is 1.87. The lowest BCUT2D eigenvalue weighted by Gasteiger charge is -2.17. The van der Waals surface area contributed by atoms with E-state index in [-0.39, 0.29) is 12.2 Å². The highest BCUT2D eigenvalue weighted by Gasteiger charge is 2.09. The summed E-state index contributed by atoms with van der Waals surface area (Å²) in [7, 11) is 1.92. The zero-order valence-electron chi connectivity index (χ0n) is 11.2. The van der Waals surface area contributed by atoms with Gasteiger partial charge in [0.15, 0.2) is 0 Å². The van der Waals surface area contributed by atoms with Gasteiger partial charge in [-0.05, 0) is 45.0 Å². The highest BCUT2D eigenvalue weighted by molar-refractivity contribution is 5.92. The molecule has 0 aliphatic heterocycles. The van der Waals surface area contributed by atoms with Crippen LogP contribution in [0.1, 0.15) is 35.2 Å². The number of primary amides is 1. The molecule has 0 heterocycles. The lowest BCUT2D eigenvalue weighted by molar-refractivity contribution is 0.1000. The summed E-state index contributed by atoms with van der Waals surface area (Å²) in [5, 5.41) is 8.67. The van der Waals surface area contributed by atoms with Crippen LogP contribution in [-0.2, 0) is 6.54 Å². The van der Waals surface area contributed by atoms with Gasteiger partial charge in [0.1, 0.15) is 5.82 Å². The number of hydrogen-bond acceptors (Lipinski definition) is 3. The number of carbonyl (C=O) groups is 1. The van der Waals surface area contributed by atoms with E-state index in [9.17, 15) is 9.18 Å². The second kappa shape index (κ2) is 7.86. The normalized spacial score (nSPS) is 10.9. The average Bonchev–Trinajstić information content (AvgIpc) is 2.37. The molecule has 0 aliphatic rings. The lowest BCUT2D eigenvalue weighted by Crippen LogP contribution is -2.20. The topological polar surface area (TPSA) is 66.6 Å². The molecule has 3 N–H and O–H groups in total. The first-order valence-electron chi connectivity index (χ1n) is 6.42. The van der Waals surface area contributed by atoms with Crippen molar-refractivity contribution in [2.75, 3.05) is 20.2 Å². The van der Waals surface area contributed by atoms with Crippen LogP contribution in [0.4, 0.5) is 4.39 Å². The molecule has 0 aromatic heterocycles. The summed E-state index contributed by atoms with van der Waals surface area (Å²) in [6, 6.07) is 4.32. The summed E-state index contributed by atoms with van der Waals surface area (Å²) in [6.07, 6.45) is 2.73. The number of aliphatic hydroxyl groups excluding tert-OH is 1. The molecule has 0 fully saturated rings. The van der Waals surface area contributed by atoms with Crippen molar-refractivity contribution < 1.29 is 14.3 Å². The first kappa shape index (κ1) is 15.6. The zero-order valence-corrected chi connectivity index (χ0v) is 11.2. The zero-order chi connectivity index (χ0) is 14.3. The number of unbranched alkanes of at least 4 members (excludes halogenated alkanes) is 2. The molecular weight excluding hydrogens is 247 g/mol. The van der Waals surface area contributed by atoms with Crippen molar-refractivity contribution in [1.29, 1.82) is 0 Å². The highest BCUT2D eigenvalue weighted by atomic mass is 19.1. The molecule has 106 valence electrons. The molecule has 4 nitrogen and oxygen atoms in total. The van der Waals surface area contributed by atoms with Gasteiger partial charge >= 0.3 is 0 Å². The Balaban J connectivity index is 2.50. The van der Waals surface area contributed by atoms with Gasteiger partial charge in [0.25, 0.3) is 0 Å². The predicted molar refractivity (Wildman–Crippen MR) is 72.2 cm³/mol. The van der Waals surface area contributed by atoms with Crippen molar-refractivity contribution in [3.63, 3.8) is 0 Å². The van der Waals surface area contributed by atoms with Gasteiger partial charge in [-0.3, -0.25) is 4.79 Å². The van der Waals surface area contributed by atoms with Crippen LogP contribution >= 0.6 is 0 Å². The molecule has 1 aromatic rings. The molecule has 0 radical (unpaired) electrons. The Labute approximate surface area is 113 Å². The molecule has 0 spiro atoms. The molecule has 0 bridgehead atoms.